The molecule has 0 aromatic heterocycles. The van der Waals surface area contributed by atoms with Gasteiger partial charge in [-0.3, -0.25) is 0 Å². The third-order valence-corrected chi connectivity index (χ3v) is 3.15. The van der Waals surface area contributed by atoms with Gasteiger partial charge in [-0.25, -0.2) is 14.0 Å². The summed E-state index contributed by atoms with van der Waals surface area (Å²) >= 11 is 0. The smallest absolute Gasteiger partial charge is 0.361 e. The molecule has 0 radical (unpaired) electrons. The van der Waals surface area contributed by atoms with Gasteiger partial charge in [0.15, 0.2) is 0 Å². The molecule has 0 amide bonds. The van der Waals surface area contributed by atoms with Crippen molar-refractivity contribution in [3.05, 3.63) is 60.7 Å². The SMILES string of the molecule is CCCC(F)(C(=O)Oc1ccccc1)C(=O)Oc1ccccc1. The number of rotatable bonds is 6. The molecule has 0 heterocycles. The van der Waals surface area contributed by atoms with Crippen molar-refractivity contribution in [1.29, 1.82) is 0 Å². The summed E-state index contributed by atoms with van der Waals surface area (Å²) in [6.07, 6.45) is -0.0331. The summed E-state index contributed by atoms with van der Waals surface area (Å²) < 4.78 is 25.0. The van der Waals surface area contributed by atoms with Crippen LogP contribution in [0.5, 0.6) is 11.5 Å². The van der Waals surface area contributed by atoms with Gasteiger partial charge in [0, 0.05) is 6.42 Å². The van der Waals surface area contributed by atoms with Crippen LogP contribution in [0.3, 0.4) is 0 Å². The summed E-state index contributed by atoms with van der Waals surface area (Å²) in [6, 6.07) is 16.1. The maximum atomic E-state index is 15.0. The first kappa shape index (κ1) is 16.7. The second kappa shape index (κ2) is 7.54. The fourth-order valence-corrected chi connectivity index (χ4v) is 1.98. The van der Waals surface area contributed by atoms with Gasteiger partial charge in [0.1, 0.15) is 11.5 Å². The maximum absolute atomic E-state index is 15.0. The van der Waals surface area contributed by atoms with Crippen molar-refractivity contribution in [1.82, 2.24) is 0 Å². The number of alkyl halides is 1. The highest BCUT2D eigenvalue weighted by molar-refractivity contribution is 6.04. The van der Waals surface area contributed by atoms with Crippen molar-refractivity contribution in [2.24, 2.45) is 0 Å². The highest BCUT2D eigenvalue weighted by Crippen LogP contribution is 2.25. The Morgan fingerprint density at radius 3 is 1.61 bits per heavy atom. The number of hydrogen-bond acceptors (Lipinski definition) is 4. The molecule has 0 fully saturated rings. The van der Waals surface area contributed by atoms with Crippen molar-refractivity contribution in [3.8, 4) is 11.5 Å². The standard InChI is InChI=1S/C18H17FO4/c1-2-13-18(19,16(20)22-14-9-5-3-6-10-14)17(21)23-15-11-7-4-8-12-15/h3-12H,2,13H2,1H3. The number of benzene rings is 2. The molecule has 0 aliphatic heterocycles. The molecule has 2 rings (SSSR count). The average molecular weight is 316 g/mol. The van der Waals surface area contributed by atoms with E-state index in [2.05, 4.69) is 0 Å². The molecule has 0 aliphatic carbocycles. The molecule has 23 heavy (non-hydrogen) atoms. The second-order valence-electron chi connectivity index (χ2n) is 4.96. The number of hydrogen-bond donors (Lipinski definition) is 0. The predicted octanol–water partition coefficient (Wildman–Crippen LogP) is 3.71. The zero-order valence-electron chi connectivity index (χ0n) is 12.7. The van der Waals surface area contributed by atoms with Crippen molar-refractivity contribution in [2.45, 2.75) is 25.4 Å². The van der Waals surface area contributed by atoms with E-state index in [4.69, 9.17) is 9.47 Å². The highest BCUT2D eigenvalue weighted by Gasteiger charge is 2.49. The lowest BCUT2D eigenvalue weighted by molar-refractivity contribution is -0.164. The number of esters is 2. The molecule has 0 unspecified atom stereocenters. The summed E-state index contributed by atoms with van der Waals surface area (Å²) in [5.74, 6) is -2.20. The number of para-hydroxylation sites is 2. The van der Waals surface area contributed by atoms with Gasteiger partial charge in [0.25, 0.3) is 0 Å². The Morgan fingerprint density at radius 1 is 0.870 bits per heavy atom. The zero-order chi connectivity index (χ0) is 16.7. The first-order valence-corrected chi connectivity index (χ1v) is 7.30. The maximum Gasteiger partial charge on any atom is 0.361 e. The summed E-state index contributed by atoms with van der Waals surface area (Å²) in [5.41, 5.74) is -2.85. The predicted molar refractivity (Wildman–Crippen MR) is 82.9 cm³/mol. The number of carbonyl (C=O) groups excluding carboxylic acids is 2. The topological polar surface area (TPSA) is 52.6 Å². The minimum atomic E-state index is -2.85. The fourth-order valence-electron chi connectivity index (χ4n) is 1.98. The molecule has 0 saturated heterocycles. The molecule has 0 saturated carbocycles. The van der Waals surface area contributed by atoms with Gasteiger partial charge in [0.2, 0.25) is 0 Å². The van der Waals surface area contributed by atoms with E-state index in [0.717, 1.165) is 0 Å². The van der Waals surface area contributed by atoms with Crippen LogP contribution in [0.25, 0.3) is 0 Å². The van der Waals surface area contributed by atoms with Crippen LogP contribution >= 0.6 is 0 Å². The van der Waals surface area contributed by atoms with Gasteiger partial charge in [-0.05, 0) is 24.3 Å². The Bertz CT molecular complexity index is 602. The van der Waals surface area contributed by atoms with Gasteiger partial charge < -0.3 is 9.47 Å². The van der Waals surface area contributed by atoms with E-state index >= 15 is 4.39 Å². The lowest BCUT2D eigenvalue weighted by atomic mass is 10.0. The lowest BCUT2D eigenvalue weighted by Crippen LogP contribution is -2.47. The van der Waals surface area contributed by atoms with Crippen LogP contribution in [0.4, 0.5) is 4.39 Å². The molecule has 0 atom stereocenters. The third-order valence-electron chi connectivity index (χ3n) is 3.15. The third kappa shape index (κ3) is 4.16. The first-order chi connectivity index (χ1) is 11.1. The molecule has 2 aromatic carbocycles. The first-order valence-electron chi connectivity index (χ1n) is 7.30. The Balaban J connectivity index is 2.16. The highest BCUT2D eigenvalue weighted by atomic mass is 19.1. The summed E-state index contributed by atoms with van der Waals surface area (Å²) in [4.78, 5) is 24.3. The van der Waals surface area contributed by atoms with Crippen LogP contribution in [0.1, 0.15) is 19.8 Å². The minimum absolute atomic E-state index is 0.170. The van der Waals surface area contributed by atoms with E-state index in [1.54, 1.807) is 43.3 Å². The molecule has 0 spiro atoms. The Labute approximate surface area is 133 Å². The van der Waals surface area contributed by atoms with Crippen LogP contribution in [-0.2, 0) is 9.59 Å². The van der Waals surface area contributed by atoms with Gasteiger partial charge in [-0.15, -0.1) is 0 Å². The summed E-state index contributed by atoms with van der Waals surface area (Å²) in [6.45, 7) is 1.67. The van der Waals surface area contributed by atoms with E-state index in [-0.39, 0.29) is 24.3 Å². The van der Waals surface area contributed by atoms with Gasteiger partial charge in [-0.2, -0.15) is 0 Å². The monoisotopic (exact) mass is 316 g/mol. The van der Waals surface area contributed by atoms with Crippen molar-refractivity contribution in [2.75, 3.05) is 0 Å². The quantitative estimate of drug-likeness (QED) is 0.463. The van der Waals surface area contributed by atoms with E-state index in [1.807, 2.05) is 0 Å². The Hall–Kier alpha value is -2.69. The lowest BCUT2D eigenvalue weighted by Gasteiger charge is -2.21. The van der Waals surface area contributed by atoms with Crippen molar-refractivity contribution >= 4 is 11.9 Å². The molecule has 0 N–H and O–H groups in total. The molecule has 4 nitrogen and oxygen atoms in total. The van der Waals surface area contributed by atoms with Crippen molar-refractivity contribution < 1.29 is 23.5 Å². The number of ether oxygens (including phenoxy) is 2. The number of halogens is 1. The van der Waals surface area contributed by atoms with E-state index in [9.17, 15) is 9.59 Å². The molecule has 0 bridgehead atoms. The zero-order valence-corrected chi connectivity index (χ0v) is 12.7. The second-order valence-corrected chi connectivity index (χ2v) is 4.96. The summed E-state index contributed by atoms with van der Waals surface area (Å²) in [7, 11) is 0. The van der Waals surface area contributed by atoms with Crippen LogP contribution in [0.15, 0.2) is 60.7 Å². The Morgan fingerprint density at radius 2 is 1.26 bits per heavy atom. The minimum Gasteiger partial charge on any atom is -0.424 e. The van der Waals surface area contributed by atoms with Crippen LogP contribution in [0, 0.1) is 0 Å². The molecule has 5 heteroatoms. The van der Waals surface area contributed by atoms with E-state index in [1.165, 1.54) is 24.3 Å². The molecule has 0 aliphatic rings. The van der Waals surface area contributed by atoms with E-state index in [0.29, 0.717) is 0 Å². The van der Waals surface area contributed by atoms with Gasteiger partial charge in [-0.1, -0.05) is 49.7 Å². The van der Waals surface area contributed by atoms with Crippen LogP contribution in [0.2, 0.25) is 0 Å². The normalized spacial score (nSPS) is 10.9. The van der Waals surface area contributed by atoms with Gasteiger partial charge in [0.05, 0.1) is 0 Å². The molecule has 120 valence electrons. The molecule has 2 aromatic rings. The Kier molecular flexibility index (Phi) is 5.46. The van der Waals surface area contributed by atoms with Crippen LogP contribution in [-0.4, -0.2) is 17.6 Å². The van der Waals surface area contributed by atoms with Crippen LogP contribution < -0.4 is 9.47 Å². The largest absolute Gasteiger partial charge is 0.424 e. The molecular weight excluding hydrogens is 299 g/mol. The van der Waals surface area contributed by atoms with Crippen molar-refractivity contribution in [3.63, 3.8) is 0 Å². The summed E-state index contributed by atoms with van der Waals surface area (Å²) in [5, 5.41) is 0. The molecular formula is C18H17FO4. The fraction of sp³-hybridized carbons (Fsp3) is 0.222. The van der Waals surface area contributed by atoms with E-state index < -0.39 is 17.6 Å². The van der Waals surface area contributed by atoms with Gasteiger partial charge >= 0.3 is 17.6 Å². The average Bonchev–Trinajstić information content (AvgIpc) is 2.56. The number of carbonyl (C=O) groups is 2.